The Labute approximate surface area is 146 Å². The number of nitrogens with one attached hydrogen (secondary N) is 2. The maximum absolute atomic E-state index is 12.6. The SMILES string of the molecule is O=C(Nc1ncc(Cc2ccc(C(F)(F)F)cc2)s1)C1CNCCO1. The van der Waals surface area contributed by atoms with Crippen molar-refractivity contribution in [2.24, 2.45) is 0 Å². The van der Waals surface area contributed by atoms with Gasteiger partial charge in [-0.1, -0.05) is 12.1 Å². The van der Waals surface area contributed by atoms with Gasteiger partial charge in [0.05, 0.1) is 12.2 Å². The van der Waals surface area contributed by atoms with Gasteiger partial charge in [-0.25, -0.2) is 4.98 Å². The lowest BCUT2D eigenvalue weighted by Crippen LogP contribution is -2.45. The number of benzene rings is 1. The number of carbonyl (C=O) groups excluding carboxylic acids is 1. The van der Waals surface area contributed by atoms with Crippen molar-refractivity contribution < 1.29 is 22.7 Å². The van der Waals surface area contributed by atoms with Crippen LogP contribution in [0.5, 0.6) is 0 Å². The van der Waals surface area contributed by atoms with E-state index in [1.54, 1.807) is 6.20 Å². The Bertz CT molecular complexity index is 725. The lowest BCUT2D eigenvalue weighted by atomic mass is 10.1. The van der Waals surface area contributed by atoms with Crippen molar-refractivity contribution in [3.63, 3.8) is 0 Å². The monoisotopic (exact) mass is 371 g/mol. The minimum absolute atomic E-state index is 0.261. The van der Waals surface area contributed by atoms with Crippen LogP contribution < -0.4 is 10.6 Å². The summed E-state index contributed by atoms with van der Waals surface area (Å²) >= 11 is 1.29. The third kappa shape index (κ3) is 4.77. The number of hydrogen-bond donors (Lipinski definition) is 2. The van der Waals surface area contributed by atoms with Crippen LogP contribution in [0.2, 0.25) is 0 Å². The van der Waals surface area contributed by atoms with E-state index >= 15 is 0 Å². The Morgan fingerprint density at radius 1 is 1.36 bits per heavy atom. The van der Waals surface area contributed by atoms with Crippen molar-refractivity contribution in [3.8, 4) is 0 Å². The standard InChI is InChI=1S/C16H16F3N3O2S/c17-16(18,19)11-3-1-10(2-4-11)7-12-8-21-15(25-12)22-14(23)13-9-20-5-6-24-13/h1-4,8,13,20H,5-7,9H2,(H,21,22,23). The zero-order valence-electron chi connectivity index (χ0n) is 13.1. The number of ether oxygens (including phenoxy) is 1. The maximum atomic E-state index is 12.6. The molecule has 0 saturated carbocycles. The summed E-state index contributed by atoms with van der Waals surface area (Å²) in [5, 5.41) is 6.22. The third-order valence-corrected chi connectivity index (χ3v) is 4.58. The molecule has 1 amide bonds. The van der Waals surface area contributed by atoms with Crippen molar-refractivity contribution in [1.82, 2.24) is 10.3 Å². The molecule has 25 heavy (non-hydrogen) atoms. The summed E-state index contributed by atoms with van der Waals surface area (Å²) in [4.78, 5) is 17.0. The molecule has 134 valence electrons. The molecule has 2 heterocycles. The number of nitrogens with zero attached hydrogens (tertiary/aromatic N) is 1. The molecule has 3 rings (SSSR count). The van der Waals surface area contributed by atoms with Crippen molar-refractivity contribution in [3.05, 3.63) is 46.5 Å². The summed E-state index contributed by atoms with van der Waals surface area (Å²) in [5.41, 5.74) is 0.0731. The Morgan fingerprint density at radius 3 is 2.76 bits per heavy atom. The third-order valence-electron chi connectivity index (χ3n) is 3.66. The molecule has 1 aliphatic heterocycles. The van der Waals surface area contributed by atoms with Crippen molar-refractivity contribution in [2.45, 2.75) is 18.7 Å². The fourth-order valence-electron chi connectivity index (χ4n) is 2.38. The van der Waals surface area contributed by atoms with Crippen LogP contribution in [-0.2, 0) is 22.1 Å². The van der Waals surface area contributed by atoms with Crippen molar-refractivity contribution in [1.29, 1.82) is 0 Å². The topological polar surface area (TPSA) is 63.2 Å². The second-order valence-corrected chi connectivity index (χ2v) is 6.67. The maximum Gasteiger partial charge on any atom is 0.416 e. The largest absolute Gasteiger partial charge is 0.416 e. The van der Waals surface area contributed by atoms with Gasteiger partial charge in [0.15, 0.2) is 5.13 Å². The van der Waals surface area contributed by atoms with Crippen LogP contribution >= 0.6 is 11.3 Å². The molecule has 0 spiro atoms. The van der Waals surface area contributed by atoms with Crippen LogP contribution in [0.15, 0.2) is 30.5 Å². The summed E-state index contributed by atoms with van der Waals surface area (Å²) in [5.74, 6) is -0.261. The second kappa shape index (κ2) is 7.51. The Kier molecular flexibility index (Phi) is 5.36. The molecule has 1 aromatic heterocycles. The number of anilines is 1. The first-order valence-corrected chi connectivity index (χ1v) is 8.47. The van der Waals surface area contributed by atoms with Gasteiger partial charge in [0.25, 0.3) is 5.91 Å². The molecule has 1 unspecified atom stereocenters. The van der Waals surface area contributed by atoms with Gasteiger partial charge in [-0.3, -0.25) is 10.1 Å². The zero-order valence-corrected chi connectivity index (χ0v) is 13.9. The quantitative estimate of drug-likeness (QED) is 0.868. The number of thiazole rings is 1. The molecule has 1 fully saturated rings. The van der Waals surface area contributed by atoms with Gasteiger partial charge in [0.2, 0.25) is 0 Å². The van der Waals surface area contributed by atoms with Gasteiger partial charge in [0, 0.05) is 30.6 Å². The first-order valence-electron chi connectivity index (χ1n) is 7.66. The van der Waals surface area contributed by atoms with E-state index in [1.807, 2.05) is 0 Å². The summed E-state index contributed by atoms with van der Waals surface area (Å²) in [7, 11) is 0. The minimum Gasteiger partial charge on any atom is -0.366 e. The van der Waals surface area contributed by atoms with E-state index in [1.165, 1.54) is 23.5 Å². The van der Waals surface area contributed by atoms with Gasteiger partial charge >= 0.3 is 6.18 Å². The van der Waals surface area contributed by atoms with Gasteiger partial charge in [0.1, 0.15) is 6.10 Å². The highest BCUT2D eigenvalue weighted by Crippen LogP contribution is 2.30. The van der Waals surface area contributed by atoms with Crippen LogP contribution in [0.1, 0.15) is 16.0 Å². The van der Waals surface area contributed by atoms with Gasteiger partial charge < -0.3 is 10.1 Å². The van der Waals surface area contributed by atoms with E-state index in [0.717, 1.165) is 29.1 Å². The Morgan fingerprint density at radius 2 is 2.12 bits per heavy atom. The normalized spacial score (nSPS) is 18.1. The average molecular weight is 371 g/mol. The molecular formula is C16H16F3N3O2S. The van der Waals surface area contributed by atoms with E-state index in [-0.39, 0.29) is 5.91 Å². The summed E-state index contributed by atoms with van der Waals surface area (Å²) < 4.78 is 43.0. The van der Waals surface area contributed by atoms with Crippen molar-refractivity contribution in [2.75, 3.05) is 25.0 Å². The number of halogens is 3. The molecular weight excluding hydrogens is 355 g/mol. The lowest BCUT2D eigenvalue weighted by Gasteiger charge is -2.22. The molecule has 9 heteroatoms. The number of aromatic nitrogens is 1. The first-order chi connectivity index (χ1) is 11.9. The number of morpholine rings is 1. The first kappa shape index (κ1) is 17.8. The van der Waals surface area contributed by atoms with E-state index < -0.39 is 17.8 Å². The van der Waals surface area contributed by atoms with Crippen LogP contribution in [0.25, 0.3) is 0 Å². The van der Waals surface area contributed by atoms with Gasteiger partial charge in [-0.15, -0.1) is 11.3 Å². The fraction of sp³-hybridized carbons (Fsp3) is 0.375. The highest BCUT2D eigenvalue weighted by Gasteiger charge is 2.30. The number of hydrogen-bond acceptors (Lipinski definition) is 5. The Balaban J connectivity index is 1.59. The van der Waals surface area contributed by atoms with Crippen molar-refractivity contribution >= 4 is 22.4 Å². The second-order valence-electron chi connectivity index (χ2n) is 5.56. The number of alkyl halides is 3. The molecule has 0 aliphatic carbocycles. The van der Waals surface area contributed by atoms with E-state index in [2.05, 4.69) is 15.6 Å². The van der Waals surface area contributed by atoms with Crippen LogP contribution in [0, 0.1) is 0 Å². The number of amides is 1. The predicted octanol–water partition coefficient (Wildman–Crippen LogP) is 2.68. The molecule has 1 aliphatic rings. The average Bonchev–Trinajstić information content (AvgIpc) is 3.02. The molecule has 0 bridgehead atoms. The van der Waals surface area contributed by atoms with Crippen LogP contribution in [-0.4, -0.2) is 36.7 Å². The predicted molar refractivity (Wildman–Crippen MR) is 87.6 cm³/mol. The molecule has 2 aromatic rings. The smallest absolute Gasteiger partial charge is 0.366 e. The number of carbonyl (C=O) groups is 1. The highest BCUT2D eigenvalue weighted by molar-refractivity contribution is 7.15. The fourth-order valence-corrected chi connectivity index (χ4v) is 3.23. The van der Waals surface area contributed by atoms with Gasteiger partial charge in [-0.05, 0) is 17.7 Å². The molecule has 0 radical (unpaired) electrons. The minimum atomic E-state index is -4.34. The molecule has 2 N–H and O–H groups in total. The van der Waals surface area contributed by atoms with E-state index in [0.29, 0.717) is 24.7 Å². The van der Waals surface area contributed by atoms with Crippen LogP contribution in [0.3, 0.4) is 0 Å². The van der Waals surface area contributed by atoms with Gasteiger partial charge in [-0.2, -0.15) is 13.2 Å². The Hall–Kier alpha value is -1.97. The molecule has 5 nitrogen and oxygen atoms in total. The summed E-state index contributed by atoms with van der Waals surface area (Å²) in [6.45, 7) is 1.66. The molecule has 1 saturated heterocycles. The molecule has 1 atom stereocenters. The zero-order chi connectivity index (χ0) is 17.9. The summed E-state index contributed by atoms with van der Waals surface area (Å²) in [6, 6.07) is 5.02. The van der Waals surface area contributed by atoms with E-state index in [4.69, 9.17) is 4.74 Å². The lowest BCUT2D eigenvalue weighted by molar-refractivity contribution is -0.137. The number of rotatable bonds is 4. The molecule has 1 aromatic carbocycles. The highest BCUT2D eigenvalue weighted by atomic mass is 32.1. The van der Waals surface area contributed by atoms with Crippen LogP contribution in [0.4, 0.5) is 18.3 Å². The summed E-state index contributed by atoms with van der Waals surface area (Å²) in [6.07, 6.45) is -2.82. The van der Waals surface area contributed by atoms with E-state index in [9.17, 15) is 18.0 Å².